The molecule has 8 heteroatoms. The van der Waals surface area contributed by atoms with Crippen molar-refractivity contribution in [1.29, 1.82) is 0 Å². The molecule has 1 aliphatic carbocycles. The predicted octanol–water partition coefficient (Wildman–Crippen LogP) is 4.11. The average Bonchev–Trinajstić information content (AvgIpc) is 3.23. The van der Waals surface area contributed by atoms with Gasteiger partial charge in [0, 0.05) is 19.1 Å². The van der Waals surface area contributed by atoms with E-state index in [2.05, 4.69) is 27.3 Å². The first-order valence-corrected chi connectivity index (χ1v) is 12.5. The molecule has 1 aromatic carbocycles. The van der Waals surface area contributed by atoms with Crippen LogP contribution in [0.1, 0.15) is 56.3 Å². The number of nitrogens with one attached hydrogen (secondary N) is 1. The van der Waals surface area contributed by atoms with E-state index in [0.717, 1.165) is 71.8 Å². The Bertz CT molecular complexity index is 1170. The minimum atomic E-state index is -0.0291. The van der Waals surface area contributed by atoms with Gasteiger partial charge >= 0.3 is 0 Å². The maximum Gasteiger partial charge on any atom is 0.225 e. The summed E-state index contributed by atoms with van der Waals surface area (Å²) in [5, 5.41) is 18.3. The largest absolute Gasteiger partial charge is 0.497 e. The van der Waals surface area contributed by atoms with Crippen LogP contribution in [-0.2, 0) is 4.79 Å². The third kappa shape index (κ3) is 4.33. The van der Waals surface area contributed by atoms with E-state index in [0.29, 0.717) is 12.6 Å². The summed E-state index contributed by atoms with van der Waals surface area (Å²) in [5.41, 5.74) is 3.69. The van der Waals surface area contributed by atoms with Crippen LogP contribution in [0.3, 0.4) is 0 Å². The van der Waals surface area contributed by atoms with Crippen molar-refractivity contribution in [2.45, 2.75) is 64.8 Å². The number of rotatable bonds is 5. The molecule has 8 nitrogen and oxygen atoms in total. The Morgan fingerprint density at radius 2 is 1.79 bits per heavy atom. The standard InChI is InChI=1S/C26H34N6O2/c1-17-23-18(2)32(21-11-13-22(34-3)14-12-21)30-24(23)25(29-28-17)31-15-7-8-19(16-31)26(33)27-20-9-5-4-6-10-20/h11-14,19-20H,4-10,15-16H2,1-3H3,(H,27,33)/t19-/m1/s1. The SMILES string of the molecule is COc1ccc(-n2nc3c(N4CCC[C@@H](C(=O)NC5CCCCC5)C4)nnc(C)c3c2C)cc1. The maximum atomic E-state index is 13.1. The number of piperidine rings is 1. The monoisotopic (exact) mass is 462 g/mol. The van der Waals surface area contributed by atoms with Gasteiger partial charge in [0.2, 0.25) is 5.91 Å². The molecule has 3 aromatic rings. The minimum Gasteiger partial charge on any atom is -0.497 e. The fourth-order valence-corrected chi connectivity index (χ4v) is 5.45. The lowest BCUT2D eigenvalue weighted by Crippen LogP contribution is -2.46. The van der Waals surface area contributed by atoms with Gasteiger partial charge < -0.3 is 15.0 Å². The number of carbonyl (C=O) groups excluding carboxylic acids is 1. The van der Waals surface area contributed by atoms with Gasteiger partial charge in [0.15, 0.2) is 5.82 Å². The van der Waals surface area contributed by atoms with Crippen LogP contribution in [-0.4, -0.2) is 52.1 Å². The number of ether oxygens (including phenoxy) is 1. The lowest BCUT2D eigenvalue weighted by molar-refractivity contribution is -0.126. The Kier molecular flexibility index (Phi) is 6.39. The number of methoxy groups -OCH3 is 1. The Balaban J connectivity index is 1.42. The van der Waals surface area contributed by atoms with Crippen LogP contribution in [0, 0.1) is 19.8 Å². The number of amides is 1. The van der Waals surface area contributed by atoms with Crippen molar-refractivity contribution in [3.05, 3.63) is 35.7 Å². The summed E-state index contributed by atoms with van der Waals surface area (Å²) in [4.78, 5) is 15.3. The Morgan fingerprint density at radius 3 is 2.53 bits per heavy atom. The molecule has 34 heavy (non-hydrogen) atoms. The van der Waals surface area contributed by atoms with Crippen LogP contribution >= 0.6 is 0 Å². The van der Waals surface area contributed by atoms with Crippen molar-refractivity contribution in [1.82, 2.24) is 25.3 Å². The highest BCUT2D eigenvalue weighted by Gasteiger charge is 2.30. The second-order valence-electron chi connectivity index (χ2n) is 9.66. The second-order valence-corrected chi connectivity index (χ2v) is 9.66. The molecule has 1 N–H and O–H groups in total. The van der Waals surface area contributed by atoms with Gasteiger partial charge in [0.05, 0.1) is 35.5 Å². The molecule has 1 amide bonds. The zero-order valence-electron chi connectivity index (χ0n) is 20.4. The quantitative estimate of drug-likeness (QED) is 0.614. The number of fused-ring (bicyclic) bond motifs is 1. The molecule has 0 unspecified atom stereocenters. The number of hydrogen-bond donors (Lipinski definition) is 1. The fraction of sp³-hybridized carbons (Fsp3) is 0.538. The van der Waals surface area contributed by atoms with E-state index in [1.807, 2.05) is 35.9 Å². The summed E-state index contributed by atoms with van der Waals surface area (Å²) in [6.45, 7) is 5.55. The van der Waals surface area contributed by atoms with Gasteiger partial charge in [-0.05, 0) is 63.8 Å². The normalized spacial score (nSPS) is 19.4. The van der Waals surface area contributed by atoms with Gasteiger partial charge in [-0.3, -0.25) is 4.79 Å². The smallest absolute Gasteiger partial charge is 0.225 e. The van der Waals surface area contributed by atoms with E-state index >= 15 is 0 Å². The molecule has 0 spiro atoms. The second kappa shape index (κ2) is 9.60. The van der Waals surface area contributed by atoms with Crippen LogP contribution < -0.4 is 15.0 Å². The van der Waals surface area contributed by atoms with E-state index in [1.165, 1.54) is 19.3 Å². The highest BCUT2D eigenvalue weighted by molar-refractivity contribution is 5.92. The maximum absolute atomic E-state index is 13.1. The van der Waals surface area contributed by atoms with E-state index < -0.39 is 0 Å². The van der Waals surface area contributed by atoms with Gasteiger partial charge in [0.25, 0.3) is 0 Å². The Labute approximate surface area is 200 Å². The van der Waals surface area contributed by atoms with E-state index in [9.17, 15) is 4.79 Å². The molecule has 180 valence electrons. The number of nitrogens with zero attached hydrogens (tertiary/aromatic N) is 5. The van der Waals surface area contributed by atoms with Crippen molar-refractivity contribution in [2.24, 2.45) is 5.92 Å². The van der Waals surface area contributed by atoms with Crippen molar-refractivity contribution >= 4 is 22.6 Å². The van der Waals surface area contributed by atoms with Gasteiger partial charge in [-0.15, -0.1) is 5.10 Å². The number of benzene rings is 1. The average molecular weight is 463 g/mol. The molecule has 1 atom stereocenters. The van der Waals surface area contributed by atoms with E-state index in [-0.39, 0.29) is 11.8 Å². The molecule has 1 saturated heterocycles. The summed E-state index contributed by atoms with van der Waals surface area (Å²) < 4.78 is 7.25. The minimum absolute atomic E-state index is 0.0291. The van der Waals surface area contributed by atoms with Crippen molar-refractivity contribution in [3.63, 3.8) is 0 Å². The van der Waals surface area contributed by atoms with E-state index in [4.69, 9.17) is 9.84 Å². The first kappa shape index (κ1) is 22.6. The van der Waals surface area contributed by atoms with Crippen LogP contribution in [0.25, 0.3) is 16.6 Å². The third-order valence-corrected chi connectivity index (χ3v) is 7.34. The fourth-order valence-electron chi connectivity index (χ4n) is 5.45. The molecule has 2 aromatic heterocycles. The van der Waals surface area contributed by atoms with Gasteiger partial charge in [-0.2, -0.15) is 10.2 Å². The third-order valence-electron chi connectivity index (χ3n) is 7.34. The molecular formula is C26H34N6O2. The Hall–Kier alpha value is -3.16. The number of anilines is 1. The molecule has 0 bridgehead atoms. The highest BCUT2D eigenvalue weighted by atomic mass is 16.5. The molecular weight excluding hydrogens is 428 g/mol. The zero-order chi connectivity index (χ0) is 23.7. The summed E-state index contributed by atoms with van der Waals surface area (Å²) in [7, 11) is 1.66. The molecule has 1 aliphatic heterocycles. The molecule has 5 rings (SSSR count). The van der Waals surface area contributed by atoms with Crippen molar-refractivity contribution in [3.8, 4) is 11.4 Å². The number of aryl methyl sites for hydroxylation is 2. The van der Waals surface area contributed by atoms with Crippen molar-refractivity contribution in [2.75, 3.05) is 25.1 Å². The van der Waals surface area contributed by atoms with Gasteiger partial charge in [-0.1, -0.05) is 19.3 Å². The molecule has 0 radical (unpaired) electrons. The summed E-state index contributed by atoms with van der Waals surface area (Å²) >= 11 is 0. The molecule has 2 aliphatic rings. The van der Waals surface area contributed by atoms with Crippen LogP contribution in [0.15, 0.2) is 24.3 Å². The summed E-state index contributed by atoms with van der Waals surface area (Å²) in [6, 6.07) is 8.21. The molecule has 3 heterocycles. The van der Waals surface area contributed by atoms with Crippen LogP contribution in [0.4, 0.5) is 5.82 Å². The van der Waals surface area contributed by atoms with Gasteiger partial charge in [-0.25, -0.2) is 4.68 Å². The highest BCUT2D eigenvalue weighted by Crippen LogP contribution is 2.32. The van der Waals surface area contributed by atoms with Gasteiger partial charge in [0.1, 0.15) is 11.3 Å². The zero-order valence-corrected chi connectivity index (χ0v) is 20.4. The lowest BCUT2D eigenvalue weighted by atomic mass is 9.93. The van der Waals surface area contributed by atoms with Crippen LogP contribution in [0.2, 0.25) is 0 Å². The van der Waals surface area contributed by atoms with Crippen LogP contribution in [0.5, 0.6) is 5.75 Å². The summed E-state index contributed by atoms with van der Waals surface area (Å²) in [5.74, 6) is 1.74. The molecule has 1 saturated carbocycles. The first-order valence-electron chi connectivity index (χ1n) is 12.5. The first-order chi connectivity index (χ1) is 16.5. The number of hydrogen-bond acceptors (Lipinski definition) is 6. The lowest BCUT2D eigenvalue weighted by Gasteiger charge is -2.34. The number of aromatic nitrogens is 4. The predicted molar refractivity (Wildman–Crippen MR) is 133 cm³/mol. The van der Waals surface area contributed by atoms with E-state index in [1.54, 1.807) is 7.11 Å². The molecule has 2 fully saturated rings. The topological polar surface area (TPSA) is 85.2 Å². The number of carbonyl (C=O) groups is 1. The summed E-state index contributed by atoms with van der Waals surface area (Å²) in [6.07, 6.45) is 7.80. The van der Waals surface area contributed by atoms with Crippen molar-refractivity contribution < 1.29 is 9.53 Å². The Morgan fingerprint density at radius 1 is 1.03 bits per heavy atom.